The molecule has 0 radical (unpaired) electrons. The molecular formula is C14H12N2O. The molecule has 84 valence electrons. The van der Waals surface area contributed by atoms with Gasteiger partial charge in [-0.05, 0) is 30.3 Å². The van der Waals surface area contributed by atoms with E-state index in [0.29, 0.717) is 5.69 Å². The lowest BCUT2D eigenvalue weighted by Gasteiger charge is -2.07. The minimum absolute atomic E-state index is 0.705. The number of fused-ring (bicyclic) bond motifs is 2. The fourth-order valence-corrected chi connectivity index (χ4v) is 1.91. The van der Waals surface area contributed by atoms with Crippen molar-refractivity contribution in [2.45, 2.75) is 0 Å². The van der Waals surface area contributed by atoms with Crippen molar-refractivity contribution < 1.29 is 4.42 Å². The van der Waals surface area contributed by atoms with Gasteiger partial charge < -0.3 is 10.2 Å². The van der Waals surface area contributed by atoms with Gasteiger partial charge in [0.1, 0.15) is 11.3 Å². The molecule has 0 fully saturated rings. The molecule has 0 saturated heterocycles. The molecular weight excluding hydrogens is 212 g/mol. The summed E-state index contributed by atoms with van der Waals surface area (Å²) in [6.45, 7) is 0. The Morgan fingerprint density at radius 3 is 2.76 bits per heavy atom. The second-order valence-corrected chi connectivity index (χ2v) is 3.99. The molecule has 0 spiro atoms. The van der Waals surface area contributed by atoms with E-state index >= 15 is 0 Å². The minimum atomic E-state index is 0.705. The molecule has 0 amide bonds. The van der Waals surface area contributed by atoms with Crippen LogP contribution in [0.25, 0.3) is 22.3 Å². The summed E-state index contributed by atoms with van der Waals surface area (Å²) in [4.78, 5) is 4.13. The zero-order valence-electron chi connectivity index (χ0n) is 9.47. The number of anilines is 1. The molecule has 3 rings (SSSR count). The molecule has 2 aliphatic rings. The van der Waals surface area contributed by atoms with Gasteiger partial charge in [-0.2, -0.15) is 0 Å². The number of rotatable bonds is 0. The van der Waals surface area contributed by atoms with Crippen LogP contribution in [0.15, 0.2) is 51.9 Å². The highest BCUT2D eigenvalue weighted by Gasteiger charge is 2.06. The van der Waals surface area contributed by atoms with Crippen molar-refractivity contribution in [3.8, 4) is 11.3 Å². The van der Waals surface area contributed by atoms with E-state index in [-0.39, 0.29) is 0 Å². The van der Waals surface area contributed by atoms with Crippen LogP contribution in [0.1, 0.15) is 0 Å². The lowest BCUT2D eigenvalue weighted by Crippen LogP contribution is -2.00. The third-order valence-electron chi connectivity index (χ3n) is 2.82. The van der Waals surface area contributed by atoms with Crippen LogP contribution in [0, 0.1) is 0 Å². The molecule has 2 N–H and O–H groups in total. The van der Waals surface area contributed by atoms with E-state index in [1.54, 1.807) is 7.05 Å². The second kappa shape index (κ2) is 3.63. The van der Waals surface area contributed by atoms with Crippen molar-refractivity contribution in [2.75, 3.05) is 12.8 Å². The minimum Gasteiger partial charge on any atom is -0.456 e. The van der Waals surface area contributed by atoms with Crippen molar-refractivity contribution in [3.63, 3.8) is 0 Å². The van der Waals surface area contributed by atoms with Crippen LogP contribution in [-0.4, -0.2) is 7.05 Å². The zero-order chi connectivity index (χ0) is 11.8. The Labute approximate surface area is 98.6 Å². The first-order valence-electron chi connectivity index (χ1n) is 5.42. The van der Waals surface area contributed by atoms with Crippen molar-refractivity contribution in [1.29, 1.82) is 0 Å². The highest BCUT2D eigenvalue weighted by Crippen LogP contribution is 2.27. The molecule has 1 heterocycles. The topological polar surface area (TPSA) is 51.5 Å². The van der Waals surface area contributed by atoms with Gasteiger partial charge in [-0.15, -0.1) is 0 Å². The average molecular weight is 224 g/mol. The Bertz CT molecular complexity index is 728. The Morgan fingerprint density at radius 2 is 1.94 bits per heavy atom. The van der Waals surface area contributed by atoms with Gasteiger partial charge >= 0.3 is 0 Å². The lowest BCUT2D eigenvalue weighted by atomic mass is 10.1. The van der Waals surface area contributed by atoms with Gasteiger partial charge in [0, 0.05) is 35.8 Å². The van der Waals surface area contributed by atoms with Gasteiger partial charge in [0.05, 0.1) is 5.36 Å². The maximum Gasteiger partial charge on any atom is 0.136 e. The van der Waals surface area contributed by atoms with E-state index in [9.17, 15) is 0 Å². The first kappa shape index (κ1) is 9.90. The standard InChI is InChI=1S/C14H12N2O/c1-16-12-5-3-10-6-9-2-4-11(15)7-13(9)17-14(10)8-12/h2-8H,15H2,1H3. The summed E-state index contributed by atoms with van der Waals surface area (Å²) < 4.78 is 5.83. The first-order chi connectivity index (χ1) is 8.26. The number of hydrogen-bond donors (Lipinski definition) is 1. The van der Waals surface area contributed by atoms with E-state index in [0.717, 1.165) is 27.7 Å². The SMILES string of the molecule is CN=c1ccc2cc3ccc(N)cc3oc-2c1. The van der Waals surface area contributed by atoms with Gasteiger partial charge in [0.25, 0.3) is 0 Å². The summed E-state index contributed by atoms with van der Waals surface area (Å²) in [6.07, 6.45) is 0. The van der Waals surface area contributed by atoms with Crippen molar-refractivity contribution >= 4 is 16.7 Å². The highest BCUT2D eigenvalue weighted by molar-refractivity contribution is 5.84. The molecule has 0 aromatic heterocycles. The van der Waals surface area contributed by atoms with Crippen molar-refractivity contribution in [2.24, 2.45) is 4.99 Å². The van der Waals surface area contributed by atoms with Crippen LogP contribution in [0.5, 0.6) is 0 Å². The fourth-order valence-electron chi connectivity index (χ4n) is 1.91. The van der Waals surface area contributed by atoms with E-state index in [4.69, 9.17) is 10.2 Å². The van der Waals surface area contributed by atoms with Gasteiger partial charge in [-0.3, -0.25) is 4.99 Å². The molecule has 0 atom stereocenters. The second-order valence-electron chi connectivity index (χ2n) is 3.99. The smallest absolute Gasteiger partial charge is 0.136 e. The zero-order valence-corrected chi connectivity index (χ0v) is 9.47. The maximum absolute atomic E-state index is 5.83. The van der Waals surface area contributed by atoms with Gasteiger partial charge in [0.15, 0.2) is 0 Å². The van der Waals surface area contributed by atoms with Crippen LogP contribution in [-0.2, 0) is 0 Å². The van der Waals surface area contributed by atoms with Crippen molar-refractivity contribution in [3.05, 3.63) is 47.8 Å². The molecule has 1 aromatic carbocycles. The fraction of sp³-hybridized carbons (Fsp3) is 0.0714. The Hall–Kier alpha value is -2.29. The van der Waals surface area contributed by atoms with Crippen LogP contribution in [0.3, 0.4) is 0 Å². The molecule has 1 aliphatic carbocycles. The predicted octanol–water partition coefficient (Wildman–Crippen LogP) is 2.65. The van der Waals surface area contributed by atoms with Crippen LogP contribution in [0.2, 0.25) is 0 Å². The molecule has 1 aromatic rings. The molecule has 0 unspecified atom stereocenters. The summed E-state index contributed by atoms with van der Waals surface area (Å²) in [7, 11) is 1.76. The molecule has 17 heavy (non-hydrogen) atoms. The molecule has 1 aliphatic heterocycles. The lowest BCUT2D eigenvalue weighted by molar-refractivity contribution is 0.618. The Morgan fingerprint density at radius 1 is 1.06 bits per heavy atom. The third kappa shape index (κ3) is 1.65. The largest absolute Gasteiger partial charge is 0.456 e. The Kier molecular flexibility index (Phi) is 2.11. The summed E-state index contributed by atoms with van der Waals surface area (Å²) in [5.41, 5.74) is 8.31. The monoisotopic (exact) mass is 224 g/mol. The van der Waals surface area contributed by atoms with Crippen LogP contribution >= 0.6 is 0 Å². The summed E-state index contributed by atoms with van der Waals surface area (Å²) in [5, 5.41) is 1.96. The van der Waals surface area contributed by atoms with Crippen LogP contribution in [0.4, 0.5) is 5.69 Å². The molecule has 0 bridgehead atoms. The van der Waals surface area contributed by atoms with E-state index in [2.05, 4.69) is 11.1 Å². The number of benzene rings is 2. The average Bonchev–Trinajstić information content (AvgIpc) is 2.35. The normalized spacial score (nSPS) is 12.4. The summed E-state index contributed by atoms with van der Waals surface area (Å²) >= 11 is 0. The Balaban J connectivity index is 2.41. The van der Waals surface area contributed by atoms with E-state index in [1.165, 1.54) is 0 Å². The number of nitrogens with two attached hydrogens (primary N) is 1. The highest BCUT2D eigenvalue weighted by atomic mass is 16.3. The van der Waals surface area contributed by atoms with Crippen LogP contribution < -0.4 is 11.1 Å². The quantitative estimate of drug-likeness (QED) is 0.471. The molecule has 3 nitrogen and oxygen atoms in total. The van der Waals surface area contributed by atoms with Gasteiger partial charge in [-0.25, -0.2) is 0 Å². The number of nitrogens with zero attached hydrogens (tertiary/aromatic N) is 1. The van der Waals surface area contributed by atoms with Gasteiger partial charge in [-0.1, -0.05) is 0 Å². The number of hydrogen-bond acceptors (Lipinski definition) is 3. The molecule has 3 heteroatoms. The summed E-state index contributed by atoms with van der Waals surface area (Å²) in [6, 6.07) is 13.7. The molecule has 0 saturated carbocycles. The summed E-state index contributed by atoms with van der Waals surface area (Å²) in [5.74, 6) is 0.825. The third-order valence-corrected chi connectivity index (χ3v) is 2.82. The van der Waals surface area contributed by atoms with Gasteiger partial charge in [0.2, 0.25) is 0 Å². The van der Waals surface area contributed by atoms with E-state index in [1.807, 2.05) is 36.4 Å². The first-order valence-corrected chi connectivity index (χ1v) is 5.42. The predicted molar refractivity (Wildman–Crippen MR) is 68.7 cm³/mol. The maximum atomic E-state index is 5.83. The number of nitrogen functional groups attached to an aromatic ring is 1. The van der Waals surface area contributed by atoms with E-state index < -0.39 is 0 Å². The van der Waals surface area contributed by atoms with Crippen molar-refractivity contribution in [1.82, 2.24) is 0 Å².